The number of para-hydroxylation sites is 1. The lowest BCUT2D eigenvalue weighted by atomic mass is 10.2. The lowest BCUT2D eigenvalue weighted by Gasteiger charge is -2.11. The number of anilines is 2. The fourth-order valence-corrected chi connectivity index (χ4v) is 4.08. The molecular formula is C23H21N3O3S. The van der Waals surface area contributed by atoms with Gasteiger partial charge in [-0.3, -0.25) is 4.79 Å². The zero-order valence-electron chi connectivity index (χ0n) is 16.9. The van der Waals surface area contributed by atoms with E-state index >= 15 is 0 Å². The first-order valence-corrected chi connectivity index (χ1v) is 10.3. The van der Waals surface area contributed by atoms with Crippen molar-refractivity contribution in [3.63, 3.8) is 0 Å². The molecule has 0 unspecified atom stereocenters. The molecule has 0 bridgehead atoms. The minimum Gasteiger partial charge on any atom is -0.469 e. The highest BCUT2D eigenvalue weighted by atomic mass is 32.1. The Balaban J connectivity index is 1.62. The molecule has 2 heterocycles. The quantitative estimate of drug-likeness (QED) is 0.413. The van der Waals surface area contributed by atoms with Crippen molar-refractivity contribution in [2.75, 3.05) is 12.4 Å². The van der Waals surface area contributed by atoms with Crippen molar-refractivity contribution >= 4 is 39.0 Å². The molecule has 0 spiro atoms. The molecule has 4 aromatic rings. The van der Waals surface area contributed by atoms with E-state index in [0.717, 1.165) is 33.0 Å². The number of carbonyl (C=O) groups is 1. The summed E-state index contributed by atoms with van der Waals surface area (Å²) in [5, 5.41) is 4.34. The third-order valence-corrected chi connectivity index (χ3v) is 5.80. The van der Waals surface area contributed by atoms with Crippen molar-refractivity contribution in [3.8, 4) is 11.5 Å². The van der Waals surface area contributed by atoms with Gasteiger partial charge in [0.2, 0.25) is 0 Å². The van der Waals surface area contributed by atoms with Crippen molar-refractivity contribution in [3.05, 3.63) is 70.9 Å². The Morgan fingerprint density at radius 3 is 2.40 bits per heavy atom. The van der Waals surface area contributed by atoms with Crippen LogP contribution in [0.5, 0.6) is 11.5 Å². The maximum atomic E-state index is 11.7. The molecule has 2 aromatic heterocycles. The number of aromatic nitrogens is 2. The van der Waals surface area contributed by atoms with E-state index in [0.29, 0.717) is 11.6 Å². The first-order chi connectivity index (χ1) is 14.5. The van der Waals surface area contributed by atoms with Gasteiger partial charge in [0.05, 0.1) is 12.5 Å². The maximum absolute atomic E-state index is 11.7. The van der Waals surface area contributed by atoms with Crippen molar-refractivity contribution in [1.29, 1.82) is 0 Å². The van der Waals surface area contributed by atoms with Crippen LogP contribution in [0, 0.1) is 13.8 Å². The predicted molar refractivity (Wildman–Crippen MR) is 119 cm³/mol. The highest BCUT2D eigenvalue weighted by Crippen LogP contribution is 2.35. The normalized spacial score (nSPS) is 10.8. The van der Waals surface area contributed by atoms with Gasteiger partial charge in [-0.15, -0.1) is 11.3 Å². The Morgan fingerprint density at radius 1 is 1.00 bits per heavy atom. The molecule has 152 valence electrons. The number of esters is 1. The number of aryl methyl sites for hydroxylation is 2. The summed E-state index contributed by atoms with van der Waals surface area (Å²) in [6, 6.07) is 17.3. The number of hydrogen-bond acceptors (Lipinski definition) is 7. The Morgan fingerprint density at radius 2 is 1.70 bits per heavy atom. The third kappa shape index (κ3) is 4.26. The largest absolute Gasteiger partial charge is 0.469 e. The van der Waals surface area contributed by atoms with Gasteiger partial charge in [0, 0.05) is 10.6 Å². The van der Waals surface area contributed by atoms with Crippen LogP contribution in [0.15, 0.2) is 54.6 Å². The van der Waals surface area contributed by atoms with Crippen molar-refractivity contribution in [2.45, 2.75) is 20.3 Å². The molecular weight excluding hydrogens is 398 g/mol. The molecule has 0 atom stereocenters. The van der Waals surface area contributed by atoms with Crippen LogP contribution in [0.25, 0.3) is 10.2 Å². The van der Waals surface area contributed by atoms with E-state index in [1.807, 2.05) is 54.6 Å². The van der Waals surface area contributed by atoms with Gasteiger partial charge in [0.15, 0.2) is 0 Å². The smallest absolute Gasteiger partial charge is 0.313 e. The van der Waals surface area contributed by atoms with Crippen molar-refractivity contribution in [2.24, 2.45) is 0 Å². The number of hydrogen-bond donors (Lipinski definition) is 1. The summed E-state index contributed by atoms with van der Waals surface area (Å²) in [5.74, 6) is 2.27. The van der Waals surface area contributed by atoms with Gasteiger partial charge in [-0.1, -0.05) is 18.2 Å². The molecule has 1 N–H and O–H groups in total. The van der Waals surface area contributed by atoms with Crippen LogP contribution in [0.4, 0.5) is 11.5 Å². The van der Waals surface area contributed by atoms with E-state index in [9.17, 15) is 4.79 Å². The molecule has 0 saturated carbocycles. The molecule has 0 aliphatic heterocycles. The average molecular weight is 420 g/mol. The van der Waals surface area contributed by atoms with Crippen molar-refractivity contribution in [1.82, 2.24) is 9.97 Å². The van der Waals surface area contributed by atoms with Crippen LogP contribution in [0.1, 0.15) is 16.3 Å². The summed E-state index contributed by atoms with van der Waals surface area (Å²) in [6.07, 6.45) is 0.0287. The zero-order chi connectivity index (χ0) is 21.1. The van der Waals surface area contributed by atoms with E-state index in [4.69, 9.17) is 9.47 Å². The first kappa shape index (κ1) is 19.8. The first-order valence-electron chi connectivity index (χ1n) is 9.47. The Labute approximate surface area is 178 Å². The Bertz CT molecular complexity index is 1190. The molecule has 0 fully saturated rings. The highest BCUT2D eigenvalue weighted by Gasteiger charge is 2.16. The van der Waals surface area contributed by atoms with Crippen LogP contribution in [0.2, 0.25) is 0 Å². The van der Waals surface area contributed by atoms with Gasteiger partial charge in [0.1, 0.15) is 34.4 Å². The van der Waals surface area contributed by atoms with Gasteiger partial charge < -0.3 is 14.8 Å². The van der Waals surface area contributed by atoms with E-state index in [2.05, 4.69) is 29.1 Å². The lowest BCUT2D eigenvalue weighted by molar-refractivity contribution is -0.139. The van der Waals surface area contributed by atoms with Gasteiger partial charge in [-0.2, -0.15) is 0 Å². The lowest BCUT2D eigenvalue weighted by Crippen LogP contribution is -2.09. The summed E-state index contributed by atoms with van der Waals surface area (Å²) in [6.45, 7) is 4.11. The molecule has 6 nitrogen and oxygen atoms in total. The molecule has 4 rings (SSSR count). The molecule has 7 heteroatoms. The Kier molecular flexibility index (Phi) is 5.63. The molecule has 0 aliphatic rings. The second-order valence-electron chi connectivity index (χ2n) is 6.77. The van der Waals surface area contributed by atoms with E-state index in [1.54, 1.807) is 11.3 Å². The third-order valence-electron chi connectivity index (χ3n) is 4.70. The van der Waals surface area contributed by atoms with E-state index in [1.165, 1.54) is 12.0 Å². The van der Waals surface area contributed by atoms with E-state index in [-0.39, 0.29) is 12.4 Å². The van der Waals surface area contributed by atoms with Gasteiger partial charge in [-0.05, 0) is 55.8 Å². The minimum atomic E-state index is -0.368. The fraction of sp³-hybridized carbons (Fsp3) is 0.174. The van der Waals surface area contributed by atoms with Crippen LogP contribution in [-0.4, -0.2) is 23.0 Å². The summed E-state index contributed by atoms with van der Waals surface area (Å²) >= 11 is 1.59. The Hall–Kier alpha value is -3.45. The topological polar surface area (TPSA) is 73.3 Å². The van der Waals surface area contributed by atoms with Gasteiger partial charge in [0.25, 0.3) is 0 Å². The zero-order valence-corrected chi connectivity index (χ0v) is 17.7. The second kappa shape index (κ2) is 8.51. The van der Waals surface area contributed by atoms with Crippen LogP contribution < -0.4 is 10.1 Å². The number of nitrogens with one attached hydrogen (secondary N) is 1. The SMILES string of the molecule is COC(=O)Cc1nc(Nc2ccc(Oc3ccccc3)cc2)c2c(C)c(C)sc2n1. The average Bonchev–Trinajstić information content (AvgIpc) is 3.04. The molecule has 0 saturated heterocycles. The van der Waals surface area contributed by atoms with E-state index < -0.39 is 0 Å². The summed E-state index contributed by atoms with van der Waals surface area (Å²) in [4.78, 5) is 22.9. The molecule has 0 amide bonds. The summed E-state index contributed by atoms with van der Waals surface area (Å²) in [7, 11) is 1.36. The van der Waals surface area contributed by atoms with Gasteiger partial charge >= 0.3 is 5.97 Å². The number of ether oxygens (including phenoxy) is 2. The number of rotatable bonds is 6. The monoisotopic (exact) mass is 419 g/mol. The molecule has 30 heavy (non-hydrogen) atoms. The highest BCUT2D eigenvalue weighted by molar-refractivity contribution is 7.18. The number of thiophene rings is 1. The van der Waals surface area contributed by atoms with Crippen LogP contribution >= 0.6 is 11.3 Å². The summed E-state index contributed by atoms with van der Waals surface area (Å²) in [5.41, 5.74) is 1.99. The molecule has 0 aliphatic carbocycles. The van der Waals surface area contributed by atoms with Crippen LogP contribution in [0.3, 0.4) is 0 Å². The molecule has 0 radical (unpaired) electrons. The second-order valence-corrected chi connectivity index (χ2v) is 7.97. The van der Waals surface area contributed by atoms with Gasteiger partial charge in [-0.25, -0.2) is 9.97 Å². The summed E-state index contributed by atoms with van der Waals surface area (Å²) < 4.78 is 10.6. The van der Waals surface area contributed by atoms with Crippen LogP contribution in [-0.2, 0) is 16.0 Å². The number of carbonyl (C=O) groups excluding carboxylic acids is 1. The number of benzene rings is 2. The number of fused-ring (bicyclic) bond motifs is 1. The van der Waals surface area contributed by atoms with Crippen molar-refractivity contribution < 1.29 is 14.3 Å². The molecule has 2 aromatic carbocycles. The number of nitrogens with zero attached hydrogens (tertiary/aromatic N) is 2. The standard InChI is InChI=1S/C23H21N3O3S/c1-14-15(2)30-23-21(14)22(25-19(26-23)13-20(27)28-3)24-16-9-11-18(12-10-16)29-17-7-5-4-6-8-17/h4-12H,13H2,1-3H3,(H,24,25,26). The number of methoxy groups -OCH3 is 1. The minimum absolute atomic E-state index is 0.0287. The predicted octanol–water partition coefficient (Wildman–Crippen LogP) is 5.56. The maximum Gasteiger partial charge on any atom is 0.313 e. The fourth-order valence-electron chi connectivity index (χ4n) is 3.03.